The molecular weight excluding hydrogens is 298 g/mol. The van der Waals surface area contributed by atoms with Crippen LogP contribution in [0.3, 0.4) is 0 Å². The van der Waals surface area contributed by atoms with Crippen molar-refractivity contribution in [3.05, 3.63) is 81.1 Å². The van der Waals surface area contributed by atoms with E-state index in [2.05, 4.69) is 0 Å². The molecule has 3 nitrogen and oxygen atoms in total. The first kappa shape index (κ1) is 14.5. The monoisotopic (exact) mass is 311 g/mol. The van der Waals surface area contributed by atoms with Crippen molar-refractivity contribution < 1.29 is 4.79 Å². The second kappa shape index (κ2) is 5.78. The van der Waals surface area contributed by atoms with E-state index in [1.165, 1.54) is 6.07 Å². The number of ketones is 1. The smallest absolute Gasteiger partial charge is 0.251 e. The van der Waals surface area contributed by atoms with E-state index in [0.29, 0.717) is 22.7 Å². The topological polar surface area (TPSA) is 39.1 Å². The van der Waals surface area contributed by atoms with Gasteiger partial charge in [-0.2, -0.15) is 0 Å². The zero-order valence-corrected chi connectivity index (χ0v) is 12.8. The second-order valence-electron chi connectivity index (χ2n) is 4.99. The Labute approximate surface area is 132 Å². The summed E-state index contributed by atoms with van der Waals surface area (Å²) in [5, 5.41) is 1.35. The number of halogens is 1. The Morgan fingerprint density at radius 1 is 1.09 bits per heavy atom. The molecule has 0 aliphatic carbocycles. The Balaban J connectivity index is 2.25. The van der Waals surface area contributed by atoms with E-state index in [0.717, 1.165) is 10.9 Å². The van der Waals surface area contributed by atoms with Gasteiger partial charge in [0, 0.05) is 34.1 Å². The molecule has 0 bridgehead atoms. The lowest BCUT2D eigenvalue weighted by Crippen LogP contribution is -2.21. The highest BCUT2D eigenvalue weighted by atomic mass is 35.5. The second-order valence-corrected chi connectivity index (χ2v) is 5.43. The molecule has 2 aromatic carbocycles. The summed E-state index contributed by atoms with van der Waals surface area (Å²) in [7, 11) is 0. The van der Waals surface area contributed by atoms with Crippen LogP contribution >= 0.6 is 11.6 Å². The molecule has 4 heteroatoms. The Morgan fingerprint density at radius 3 is 2.45 bits per heavy atom. The number of fused-ring (bicyclic) bond motifs is 1. The van der Waals surface area contributed by atoms with Crippen molar-refractivity contribution in [2.24, 2.45) is 0 Å². The minimum atomic E-state index is -0.173. The molecule has 0 aliphatic rings. The van der Waals surface area contributed by atoms with Gasteiger partial charge in [-0.1, -0.05) is 29.8 Å². The molecule has 0 amide bonds. The summed E-state index contributed by atoms with van der Waals surface area (Å²) in [5.41, 5.74) is 1.55. The lowest BCUT2D eigenvalue weighted by Gasteiger charge is -2.11. The normalized spacial score (nSPS) is 10.8. The third kappa shape index (κ3) is 2.44. The van der Waals surface area contributed by atoms with Crippen LogP contribution in [0.2, 0.25) is 5.02 Å². The zero-order chi connectivity index (χ0) is 15.7. The molecule has 0 saturated carbocycles. The average molecular weight is 312 g/mol. The first-order valence-electron chi connectivity index (χ1n) is 7.04. The Hall–Kier alpha value is -2.39. The average Bonchev–Trinajstić information content (AvgIpc) is 2.54. The molecule has 1 heterocycles. The van der Waals surface area contributed by atoms with E-state index in [1.54, 1.807) is 28.8 Å². The quantitative estimate of drug-likeness (QED) is 0.688. The molecule has 22 heavy (non-hydrogen) atoms. The molecule has 0 fully saturated rings. The number of para-hydroxylation sites is 1. The number of carbonyl (C=O) groups is 1. The summed E-state index contributed by atoms with van der Waals surface area (Å²) < 4.78 is 1.66. The van der Waals surface area contributed by atoms with E-state index < -0.39 is 0 Å². The van der Waals surface area contributed by atoms with Crippen LogP contribution in [0.1, 0.15) is 22.8 Å². The van der Waals surface area contributed by atoms with E-state index in [9.17, 15) is 9.59 Å². The van der Waals surface area contributed by atoms with Gasteiger partial charge in [0.25, 0.3) is 5.56 Å². The van der Waals surface area contributed by atoms with Gasteiger partial charge in [-0.15, -0.1) is 0 Å². The third-order valence-corrected chi connectivity index (χ3v) is 3.94. The van der Waals surface area contributed by atoms with E-state index in [4.69, 9.17) is 11.6 Å². The molecule has 0 atom stereocenters. The van der Waals surface area contributed by atoms with E-state index in [1.807, 2.05) is 31.2 Å². The van der Waals surface area contributed by atoms with Gasteiger partial charge >= 0.3 is 0 Å². The summed E-state index contributed by atoms with van der Waals surface area (Å²) in [5.74, 6) is -0.173. The molecule has 0 saturated heterocycles. The summed E-state index contributed by atoms with van der Waals surface area (Å²) in [6.45, 7) is 2.48. The van der Waals surface area contributed by atoms with Crippen LogP contribution in [-0.4, -0.2) is 10.4 Å². The molecule has 0 unspecified atom stereocenters. The standard InChI is InChI=1S/C18H14ClNO2/c1-2-20-16-6-4-3-5-14(16)15(11-17(20)21)18(22)12-7-9-13(19)10-8-12/h3-11H,2H2,1H3. The fraction of sp³-hybridized carbons (Fsp3) is 0.111. The number of pyridine rings is 1. The minimum Gasteiger partial charge on any atom is -0.309 e. The number of benzene rings is 2. The third-order valence-electron chi connectivity index (χ3n) is 3.69. The molecule has 3 rings (SSSR count). The van der Waals surface area contributed by atoms with Crippen LogP contribution in [0, 0.1) is 0 Å². The fourth-order valence-corrected chi connectivity index (χ4v) is 2.73. The fourth-order valence-electron chi connectivity index (χ4n) is 2.61. The van der Waals surface area contributed by atoms with Gasteiger partial charge in [-0.05, 0) is 37.3 Å². The van der Waals surface area contributed by atoms with Gasteiger partial charge in [0.2, 0.25) is 0 Å². The van der Waals surface area contributed by atoms with Crippen molar-refractivity contribution in [1.82, 2.24) is 4.57 Å². The number of hydrogen-bond donors (Lipinski definition) is 0. The van der Waals surface area contributed by atoms with Gasteiger partial charge in [0.05, 0.1) is 5.52 Å². The van der Waals surface area contributed by atoms with E-state index >= 15 is 0 Å². The number of carbonyl (C=O) groups excluding carboxylic acids is 1. The highest BCUT2D eigenvalue weighted by molar-refractivity contribution is 6.30. The zero-order valence-electron chi connectivity index (χ0n) is 12.0. The lowest BCUT2D eigenvalue weighted by atomic mass is 9.99. The molecular formula is C18H14ClNO2. The molecule has 110 valence electrons. The van der Waals surface area contributed by atoms with Crippen LogP contribution in [0.25, 0.3) is 10.9 Å². The van der Waals surface area contributed by atoms with Gasteiger partial charge in [-0.25, -0.2) is 0 Å². The van der Waals surface area contributed by atoms with Crippen LogP contribution in [-0.2, 0) is 6.54 Å². The number of aryl methyl sites for hydroxylation is 1. The van der Waals surface area contributed by atoms with Gasteiger partial charge < -0.3 is 4.57 Å². The molecule has 0 N–H and O–H groups in total. The maximum absolute atomic E-state index is 12.7. The number of hydrogen-bond acceptors (Lipinski definition) is 2. The highest BCUT2D eigenvalue weighted by Crippen LogP contribution is 2.21. The molecule has 0 aliphatic heterocycles. The van der Waals surface area contributed by atoms with Gasteiger partial charge in [0.1, 0.15) is 0 Å². The van der Waals surface area contributed by atoms with Gasteiger partial charge in [0.15, 0.2) is 5.78 Å². The summed E-state index contributed by atoms with van der Waals surface area (Å²) >= 11 is 5.86. The van der Waals surface area contributed by atoms with Gasteiger partial charge in [-0.3, -0.25) is 9.59 Å². The van der Waals surface area contributed by atoms with Crippen LogP contribution in [0.4, 0.5) is 0 Å². The Bertz CT molecular complexity index is 911. The predicted molar refractivity (Wildman–Crippen MR) is 88.8 cm³/mol. The lowest BCUT2D eigenvalue weighted by molar-refractivity contribution is 0.104. The van der Waals surface area contributed by atoms with Crippen LogP contribution < -0.4 is 5.56 Å². The molecule has 1 aromatic heterocycles. The number of nitrogens with zero attached hydrogens (tertiary/aromatic N) is 1. The minimum absolute atomic E-state index is 0.168. The van der Waals surface area contributed by atoms with Crippen LogP contribution in [0.5, 0.6) is 0 Å². The molecule has 0 radical (unpaired) electrons. The largest absolute Gasteiger partial charge is 0.309 e. The number of rotatable bonds is 3. The van der Waals surface area contributed by atoms with Crippen LogP contribution in [0.15, 0.2) is 59.4 Å². The number of aromatic nitrogens is 1. The highest BCUT2D eigenvalue weighted by Gasteiger charge is 2.15. The summed E-state index contributed by atoms with van der Waals surface area (Å²) in [4.78, 5) is 25.0. The van der Waals surface area contributed by atoms with Crippen molar-refractivity contribution in [3.63, 3.8) is 0 Å². The Kier molecular flexibility index (Phi) is 3.82. The van der Waals surface area contributed by atoms with Crippen molar-refractivity contribution in [1.29, 1.82) is 0 Å². The van der Waals surface area contributed by atoms with Crippen molar-refractivity contribution in [2.45, 2.75) is 13.5 Å². The maximum Gasteiger partial charge on any atom is 0.251 e. The molecule has 0 spiro atoms. The predicted octanol–water partition coefficient (Wildman–Crippen LogP) is 3.91. The van der Waals surface area contributed by atoms with Crippen molar-refractivity contribution in [2.75, 3.05) is 0 Å². The van der Waals surface area contributed by atoms with E-state index in [-0.39, 0.29) is 11.3 Å². The molecule has 3 aromatic rings. The first-order valence-corrected chi connectivity index (χ1v) is 7.42. The first-order chi connectivity index (χ1) is 10.6. The summed E-state index contributed by atoms with van der Waals surface area (Å²) in [6, 6.07) is 15.6. The Morgan fingerprint density at radius 2 is 1.77 bits per heavy atom. The SMILES string of the molecule is CCn1c(=O)cc(C(=O)c2ccc(Cl)cc2)c2ccccc21. The maximum atomic E-state index is 12.7. The van der Waals surface area contributed by atoms with Crippen molar-refractivity contribution in [3.8, 4) is 0 Å². The van der Waals surface area contributed by atoms with Crippen molar-refractivity contribution >= 4 is 28.3 Å². The summed E-state index contributed by atoms with van der Waals surface area (Å²) in [6.07, 6.45) is 0.